The van der Waals surface area contributed by atoms with Crippen LogP contribution < -0.4 is 0 Å². The molecule has 0 atom stereocenters. The van der Waals surface area contributed by atoms with Crippen molar-refractivity contribution < 1.29 is 4.39 Å². The summed E-state index contributed by atoms with van der Waals surface area (Å²) in [6.07, 6.45) is 5.46. The van der Waals surface area contributed by atoms with Gasteiger partial charge < -0.3 is 4.90 Å². The van der Waals surface area contributed by atoms with Gasteiger partial charge in [0.15, 0.2) is 0 Å². The summed E-state index contributed by atoms with van der Waals surface area (Å²) >= 11 is 0. The first-order chi connectivity index (χ1) is 9.76. The van der Waals surface area contributed by atoms with E-state index >= 15 is 0 Å². The fourth-order valence-electron chi connectivity index (χ4n) is 3.08. The molecule has 2 aliphatic rings. The number of hydrogen-bond donors (Lipinski definition) is 0. The molecule has 0 aromatic heterocycles. The number of rotatable bonds is 4. The normalized spacial score (nSPS) is 20.8. The molecule has 20 heavy (non-hydrogen) atoms. The predicted molar refractivity (Wildman–Crippen MR) is 80.0 cm³/mol. The van der Waals surface area contributed by atoms with Gasteiger partial charge in [-0.15, -0.1) is 0 Å². The second kappa shape index (κ2) is 5.96. The summed E-state index contributed by atoms with van der Waals surface area (Å²) < 4.78 is 14.2. The Kier molecular flexibility index (Phi) is 4.06. The maximum Gasteiger partial charge on any atom is 0.127 e. The van der Waals surface area contributed by atoms with Crippen molar-refractivity contribution in [2.75, 3.05) is 26.2 Å². The SMILES string of the molecule is C=CN1CCN(Cc2ccc(C3CCC3)c(F)c2)CC1. The molecule has 1 aromatic rings. The molecule has 1 heterocycles. The number of nitrogens with zero attached hydrogens (tertiary/aromatic N) is 2. The minimum Gasteiger partial charge on any atom is -0.375 e. The van der Waals surface area contributed by atoms with Crippen LogP contribution in [0.1, 0.15) is 36.3 Å². The van der Waals surface area contributed by atoms with Crippen LogP contribution in [0.25, 0.3) is 0 Å². The smallest absolute Gasteiger partial charge is 0.127 e. The van der Waals surface area contributed by atoms with Crippen LogP contribution in [0.15, 0.2) is 31.0 Å². The Labute approximate surface area is 120 Å². The Hall–Kier alpha value is -1.35. The van der Waals surface area contributed by atoms with E-state index in [-0.39, 0.29) is 5.82 Å². The molecule has 1 saturated heterocycles. The number of halogens is 1. The van der Waals surface area contributed by atoms with Crippen molar-refractivity contribution in [2.45, 2.75) is 31.7 Å². The lowest BCUT2D eigenvalue weighted by molar-refractivity contribution is 0.162. The van der Waals surface area contributed by atoms with Crippen molar-refractivity contribution in [3.8, 4) is 0 Å². The third-order valence-electron chi connectivity index (χ3n) is 4.68. The number of hydrogen-bond acceptors (Lipinski definition) is 2. The lowest BCUT2D eigenvalue weighted by Crippen LogP contribution is -2.43. The molecule has 1 aliphatic carbocycles. The highest BCUT2D eigenvalue weighted by Crippen LogP contribution is 2.37. The fourth-order valence-corrected chi connectivity index (χ4v) is 3.08. The van der Waals surface area contributed by atoms with E-state index in [2.05, 4.69) is 22.4 Å². The zero-order valence-electron chi connectivity index (χ0n) is 12.0. The zero-order chi connectivity index (χ0) is 13.9. The van der Waals surface area contributed by atoms with Crippen LogP contribution >= 0.6 is 0 Å². The molecular formula is C17H23FN2. The molecule has 0 bridgehead atoms. The Balaban J connectivity index is 1.60. The Bertz CT molecular complexity index is 474. The molecule has 0 N–H and O–H groups in total. The Morgan fingerprint density at radius 3 is 2.50 bits per heavy atom. The second-order valence-electron chi connectivity index (χ2n) is 5.98. The molecule has 3 heteroatoms. The fraction of sp³-hybridized carbons (Fsp3) is 0.529. The van der Waals surface area contributed by atoms with Gasteiger partial charge in [-0.1, -0.05) is 25.1 Å². The third-order valence-corrected chi connectivity index (χ3v) is 4.68. The molecule has 2 nitrogen and oxygen atoms in total. The van der Waals surface area contributed by atoms with E-state index < -0.39 is 0 Å². The van der Waals surface area contributed by atoms with Gasteiger partial charge in [0.05, 0.1) is 0 Å². The van der Waals surface area contributed by atoms with Gasteiger partial charge in [0, 0.05) is 32.7 Å². The van der Waals surface area contributed by atoms with E-state index in [9.17, 15) is 4.39 Å². The number of benzene rings is 1. The van der Waals surface area contributed by atoms with Gasteiger partial charge >= 0.3 is 0 Å². The molecule has 0 spiro atoms. The summed E-state index contributed by atoms with van der Waals surface area (Å²) in [6, 6.07) is 5.86. The summed E-state index contributed by atoms with van der Waals surface area (Å²) in [5.74, 6) is 0.470. The highest BCUT2D eigenvalue weighted by atomic mass is 19.1. The molecule has 3 rings (SSSR count). The van der Waals surface area contributed by atoms with E-state index in [0.29, 0.717) is 5.92 Å². The second-order valence-corrected chi connectivity index (χ2v) is 5.98. The highest BCUT2D eigenvalue weighted by molar-refractivity contribution is 5.28. The van der Waals surface area contributed by atoms with E-state index in [1.807, 2.05) is 12.3 Å². The monoisotopic (exact) mass is 274 g/mol. The summed E-state index contributed by atoms with van der Waals surface area (Å²) in [6.45, 7) is 8.75. The summed E-state index contributed by atoms with van der Waals surface area (Å²) in [7, 11) is 0. The molecule has 108 valence electrons. The Morgan fingerprint density at radius 1 is 1.20 bits per heavy atom. The van der Waals surface area contributed by atoms with Gasteiger partial charge in [-0.05, 0) is 42.2 Å². The van der Waals surface area contributed by atoms with Crippen molar-refractivity contribution in [3.63, 3.8) is 0 Å². The van der Waals surface area contributed by atoms with Gasteiger partial charge in [-0.2, -0.15) is 0 Å². The van der Waals surface area contributed by atoms with Crippen LogP contribution in [-0.4, -0.2) is 36.0 Å². The lowest BCUT2D eigenvalue weighted by atomic mass is 9.79. The van der Waals surface area contributed by atoms with Crippen molar-refractivity contribution >= 4 is 0 Å². The minimum absolute atomic E-state index is 0.00284. The summed E-state index contributed by atoms with van der Waals surface area (Å²) in [5, 5.41) is 0. The molecule has 1 saturated carbocycles. The van der Waals surface area contributed by atoms with Gasteiger partial charge in [0.2, 0.25) is 0 Å². The topological polar surface area (TPSA) is 6.48 Å². The molecule has 2 fully saturated rings. The first kappa shape index (κ1) is 13.6. The van der Waals surface area contributed by atoms with Gasteiger partial charge in [-0.25, -0.2) is 4.39 Å². The van der Waals surface area contributed by atoms with Crippen LogP contribution in [-0.2, 0) is 6.54 Å². The van der Waals surface area contributed by atoms with Gasteiger partial charge in [0.1, 0.15) is 5.82 Å². The van der Waals surface area contributed by atoms with Crippen LogP contribution in [0, 0.1) is 5.82 Å². The molecule has 0 radical (unpaired) electrons. The first-order valence-corrected chi connectivity index (χ1v) is 7.63. The van der Waals surface area contributed by atoms with Crippen molar-refractivity contribution in [3.05, 3.63) is 47.9 Å². The summed E-state index contributed by atoms with van der Waals surface area (Å²) in [4.78, 5) is 4.62. The average Bonchev–Trinajstić information content (AvgIpc) is 2.41. The minimum atomic E-state index is -0.00284. The molecule has 0 amide bonds. The predicted octanol–water partition coefficient (Wildman–Crippen LogP) is 3.35. The first-order valence-electron chi connectivity index (χ1n) is 7.63. The van der Waals surface area contributed by atoms with Crippen molar-refractivity contribution in [1.29, 1.82) is 0 Å². The molecular weight excluding hydrogens is 251 g/mol. The van der Waals surface area contributed by atoms with E-state index in [1.165, 1.54) is 6.42 Å². The van der Waals surface area contributed by atoms with Crippen molar-refractivity contribution in [2.24, 2.45) is 0 Å². The van der Waals surface area contributed by atoms with Gasteiger partial charge in [-0.3, -0.25) is 4.90 Å². The van der Waals surface area contributed by atoms with E-state index in [4.69, 9.17) is 0 Å². The standard InChI is InChI=1S/C17H23FN2/c1-2-19-8-10-20(11-9-19)13-14-6-7-16(17(18)12-14)15-4-3-5-15/h2,6-7,12,15H,1,3-5,8-11,13H2. The van der Waals surface area contributed by atoms with Crippen LogP contribution in [0.2, 0.25) is 0 Å². The van der Waals surface area contributed by atoms with Crippen LogP contribution in [0.4, 0.5) is 4.39 Å². The molecule has 1 aliphatic heterocycles. The third kappa shape index (κ3) is 2.88. The lowest BCUT2D eigenvalue weighted by Gasteiger charge is -2.34. The quantitative estimate of drug-likeness (QED) is 0.830. The zero-order valence-corrected chi connectivity index (χ0v) is 12.0. The number of piperazine rings is 1. The Morgan fingerprint density at radius 2 is 1.95 bits per heavy atom. The molecule has 0 unspecified atom stereocenters. The highest BCUT2D eigenvalue weighted by Gasteiger charge is 2.23. The van der Waals surface area contributed by atoms with Crippen molar-refractivity contribution in [1.82, 2.24) is 9.80 Å². The summed E-state index contributed by atoms with van der Waals surface area (Å²) in [5.41, 5.74) is 2.02. The average molecular weight is 274 g/mol. The van der Waals surface area contributed by atoms with Crippen LogP contribution in [0.3, 0.4) is 0 Å². The maximum absolute atomic E-state index is 14.2. The van der Waals surface area contributed by atoms with Crippen LogP contribution in [0.5, 0.6) is 0 Å². The molecule has 1 aromatic carbocycles. The van der Waals surface area contributed by atoms with E-state index in [1.54, 1.807) is 6.07 Å². The maximum atomic E-state index is 14.2. The largest absolute Gasteiger partial charge is 0.375 e. The van der Waals surface area contributed by atoms with Gasteiger partial charge in [0.25, 0.3) is 0 Å². The van der Waals surface area contributed by atoms with E-state index in [0.717, 1.165) is 56.7 Å².